The van der Waals surface area contributed by atoms with E-state index < -0.39 is 0 Å². The van der Waals surface area contributed by atoms with Crippen LogP contribution in [-0.4, -0.2) is 22.9 Å². The molecule has 3 heteroatoms. The van der Waals surface area contributed by atoms with Crippen LogP contribution in [0.4, 0.5) is 0 Å². The second kappa shape index (κ2) is 5.75. The highest BCUT2D eigenvalue weighted by molar-refractivity contribution is 6.17. The van der Waals surface area contributed by atoms with E-state index in [0.717, 1.165) is 24.0 Å². The number of hydrogen-bond acceptors (Lipinski definition) is 1. The van der Waals surface area contributed by atoms with Crippen molar-refractivity contribution in [3.05, 3.63) is 35.4 Å². The molecule has 1 aromatic rings. The average Bonchev–Trinajstić information content (AvgIpc) is 2.38. The molecule has 0 aliphatic carbocycles. The van der Waals surface area contributed by atoms with Crippen LogP contribution in [0.5, 0.6) is 0 Å². The minimum Gasteiger partial charge on any atom is -0.333 e. The molecular formula is C15H20ClNO. The molecule has 98 valence electrons. The zero-order valence-corrected chi connectivity index (χ0v) is 11.8. The van der Waals surface area contributed by atoms with Crippen molar-refractivity contribution in [1.82, 2.24) is 4.90 Å². The lowest BCUT2D eigenvalue weighted by atomic mass is 9.96. The van der Waals surface area contributed by atoms with Crippen molar-refractivity contribution >= 4 is 17.5 Å². The topological polar surface area (TPSA) is 20.3 Å². The highest BCUT2D eigenvalue weighted by Crippen LogP contribution is 2.24. The van der Waals surface area contributed by atoms with Crippen LogP contribution >= 0.6 is 11.6 Å². The Kier molecular flexibility index (Phi) is 4.28. The molecule has 0 radical (unpaired) electrons. The van der Waals surface area contributed by atoms with Crippen molar-refractivity contribution in [2.75, 3.05) is 0 Å². The van der Waals surface area contributed by atoms with E-state index >= 15 is 0 Å². The van der Waals surface area contributed by atoms with Gasteiger partial charge in [-0.1, -0.05) is 12.1 Å². The van der Waals surface area contributed by atoms with E-state index in [4.69, 9.17) is 11.6 Å². The largest absolute Gasteiger partial charge is 0.333 e. The van der Waals surface area contributed by atoms with Crippen LogP contribution in [0, 0.1) is 0 Å². The van der Waals surface area contributed by atoms with E-state index in [0.29, 0.717) is 18.0 Å². The van der Waals surface area contributed by atoms with Crippen molar-refractivity contribution < 1.29 is 4.79 Å². The molecule has 0 unspecified atom stereocenters. The van der Waals surface area contributed by atoms with Crippen LogP contribution in [0.1, 0.15) is 49.0 Å². The van der Waals surface area contributed by atoms with Gasteiger partial charge in [0.25, 0.3) is 5.91 Å². The van der Waals surface area contributed by atoms with E-state index in [-0.39, 0.29) is 5.91 Å². The quantitative estimate of drug-likeness (QED) is 0.745. The Hall–Kier alpha value is -1.02. The summed E-state index contributed by atoms with van der Waals surface area (Å²) in [7, 11) is 0. The summed E-state index contributed by atoms with van der Waals surface area (Å²) in [5.41, 5.74) is 1.82. The van der Waals surface area contributed by atoms with E-state index in [2.05, 4.69) is 13.8 Å². The van der Waals surface area contributed by atoms with Crippen molar-refractivity contribution in [2.24, 2.45) is 0 Å². The summed E-state index contributed by atoms with van der Waals surface area (Å²) in [6, 6.07) is 8.31. The molecule has 0 N–H and O–H groups in total. The Morgan fingerprint density at radius 2 is 1.78 bits per heavy atom. The second-order valence-corrected chi connectivity index (χ2v) is 5.44. The molecule has 1 aromatic carbocycles. The zero-order valence-electron chi connectivity index (χ0n) is 11.0. The molecule has 0 saturated carbocycles. The van der Waals surface area contributed by atoms with Gasteiger partial charge in [-0.15, -0.1) is 11.6 Å². The molecule has 1 heterocycles. The Labute approximate surface area is 114 Å². The number of carbonyl (C=O) groups excluding carboxylic acids is 1. The molecule has 1 amide bonds. The predicted molar refractivity (Wildman–Crippen MR) is 74.9 cm³/mol. The molecule has 18 heavy (non-hydrogen) atoms. The Balaban J connectivity index is 2.18. The first-order chi connectivity index (χ1) is 8.63. The number of hydrogen-bond donors (Lipinski definition) is 0. The zero-order chi connectivity index (χ0) is 13.1. The first-order valence-electron chi connectivity index (χ1n) is 6.61. The third-order valence-electron chi connectivity index (χ3n) is 3.78. The van der Waals surface area contributed by atoms with Gasteiger partial charge in [0, 0.05) is 23.5 Å². The van der Waals surface area contributed by atoms with E-state index in [1.165, 1.54) is 6.42 Å². The number of halogens is 1. The Morgan fingerprint density at radius 3 is 2.28 bits per heavy atom. The molecule has 1 fully saturated rings. The number of amides is 1. The fraction of sp³-hybridized carbons (Fsp3) is 0.533. The molecule has 2 nitrogen and oxygen atoms in total. The summed E-state index contributed by atoms with van der Waals surface area (Å²) in [6.45, 7) is 4.28. The first kappa shape index (κ1) is 13.4. The van der Waals surface area contributed by atoms with Crippen LogP contribution in [0.2, 0.25) is 0 Å². The number of carbonyl (C=O) groups is 1. The molecule has 0 bridgehead atoms. The molecule has 0 aromatic heterocycles. The van der Waals surface area contributed by atoms with Gasteiger partial charge in [0.2, 0.25) is 0 Å². The summed E-state index contributed by atoms with van der Waals surface area (Å²) < 4.78 is 0. The van der Waals surface area contributed by atoms with Gasteiger partial charge in [0.1, 0.15) is 0 Å². The lowest BCUT2D eigenvalue weighted by Crippen LogP contribution is -2.47. The summed E-state index contributed by atoms with van der Waals surface area (Å²) in [5, 5.41) is 0. The van der Waals surface area contributed by atoms with Crippen LogP contribution in [0.15, 0.2) is 24.3 Å². The van der Waals surface area contributed by atoms with Crippen LogP contribution in [0.25, 0.3) is 0 Å². The standard InChI is InChI=1S/C15H20ClNO/c1-11-4-3-5-12(2)17(11)15(18)14-8-6-13(10-16)7-9-14/h6-9,11-12H,3-5,10H2,1-2H3/t11-,12-/m1/s1. The van der Waals surface area contributed by atoms with Crippen molar-refractivity contribution in [1.29, 1.82) is 0 Å². The minimum absolute atomic E-state index is 0.149. The van der Waals surface area contributed by atoms with Gasteiger partial charge < -0.3 is 4.90 Å². The number of nitrogens with zero attached hydrogens (tertiary/aromatic N) is 1. The molecular weight excluding hydrogens is 246 g/mol. The van der Waals surface area contributed by atoms with Crippen LogP contribution in [0.3, 0.4) is 0 Å². The van der Waals surface area contributed by atoms with Crippen molar-refractivity contribution in [3.8, 4) is 0 Å². The number of rotatable bonds is 2. The monoisotopic (exact) mass is 265 g/mol. The van der Waals surface area contributed by atoms with Crippen LogP contribution in [-0.2, 0) is 5.88 Å². The summed E-state index contributed by atoms with van der Waals surface area (Å²) in [6.07, 6.45) is 3.43. The van der Waals surface area contributed by atoms with Gasteiger partial charge in [-0.2, -0.15) is 0 Å². The normalized spacial score (nSPS) is 24.1. The number of benzene rings is 1. The number of piperidine rings is 1. The van der Waals surface area contributed by atoms with Crippen molar-refractivity contribution in [2.45, 2.75) is 51.1 Å². The Bertz CT molecular complexity index is 405. The molecule has 1 aliphatic rings. The average molecular weight is 266 g/mol. The lowest BCUT2D eigenvalue weighted by Gasteiger charge is -2.39. The molecule has 2 rings (SSSR count). The predicted octanol–water partition coefficient (Wildman–Crippen LogP) is 3.83. The van der Waals surface area contributed by atoms with Gasteiger partial charge in [0.05, 0.1) is 0 Å². The lowest BCUT2D eigenvalue weighted by molar-refractivity contribution is 0.0511. The maximum atomic E-state index is 12.5. The first-order valence-corrected chi connectivity index (χ1v) is 7.14. The molecule has 1 aliphatic heterocycles. The van der Waals surface area contributed by atoms with Gasteiger partial charge in [-0.05, 0) is 50.8 Å². The third kappa shape index (κ3) is 2.69. The number of alkyl halides is 1. The fourth-order valence-electron chi connectivity index (χ4n) is 2.71. The number of likely N-dealkylation sites (tertiary alicyclic amines) is 1. The molecule has 1 saturated heterocycles. The maximum absolute atomic E-state index is 12.5. The fourth-order valence-corrected chi connectivity index (χ4v) is 2.89. The van der Waals surface area contributed by atoms with Gasteiger partial charge in [-0.3, -0.25) is 4.79 Å². The van der Waals surface area contributed by atoms with Gasteiger partial charge in [0.15, 0.2) is 0 Å². The maximum Gasteiger partial charge on any atom is 0.254 e. The van der Waals surface area contributed by atoms with E-state index in [9.17, 15) is 4.79 Å². The summed E-state index contributed by atoms with van der Waals surface area (Å²) >= 11 is 5.76. The summed E-state index contributed by atoms with van der Waals surface area (Å²) in [4.78, 5) is 14.5. The Morgan fingerprint density at radius 1 is 1.22 bits per heavy atom. The van der Waals surface area contributed by atoms with E-state index in [1.54, 1.807) is 0 Å². The minimum atomic E-state index is 0.149. The second-order valence-electron chi connectivity index (χ2n) is 5.17. The van der Waals surface area contributed by atoms with Gasteiger partial charge >= 0.3 is 0 Å². The highest BCUT2D eigenvalue weighted by atomic mass is 35.5. The SMILES string of the molecule is C[C@@H]1CCC[C@@H](C)N1C(=O)c1ccc(CCl)cc1. The van der Waals surface area contributed by atoms with Crippen LogP contribution < -0.4 is 0 Å². The summed E-state index contributed by atoms with van der Waals surface area (Å²) in [5.74, 6) is 0.640. The van der Waals surface area contributed by atoms with Gasteiger partial charge in [-0.25, -0.2) is 0 Å². The third-order valence-corrected chi connectivity index (χ3v) is 4.09. The molecule has 2 atom stereocenters. The van der Waals surface area contributed by atoms with E-state index in [1.807, 2.05) is 29.2 Å². The molecule has 0 spiro atoms. The smallest absolute Gasteiger partial charge is 0.254 e. The van der Waals surface area contributed by atoms with Crippen molar-refractivity contribution in [3.63, 3.8) is 0 Å². The highest BCUT2D eigenvalue weighted by Gasteiger charge is 2.29.